The highest BCUT2D eigenvalue weighted by Gasteiger charge is 2.60. The van der Waals surface area contributed by atoms with E-state index in [1.165, 1.54) is 0 Å². The molecule has 1 heterocycles. The van der Waals surface area contributed by atoms with E-state index in [0.29, 0.717) is 18.3 Å². The lowest BCUT2D eigenvalue weighted by Gasteiger charge is -2.59. The SMILES string of the molecule is O=C(Nc1nc(C(F)(F)F)cs1)C12C[C@H]3C[C@@H](CC(Cl)(C3)C1)C2. The third kappa shape index (κ3) is 2.65. The van der Waals surface area contributed by atoms with Crippen molar-refractivity contribution in [3.63, 3.8) is 0 Å². The van der Waals surface area contributed by atoms with Gasteiger partial charge in [-0.2, -0.15) is 13.2 Å². The molecule has 0 radical (unpaired) electrons. The summed E-state index contributed by atoms with van der Waals surface area (Å²) in [7, 11) is 0. The van der Waals surface area contributed by atoms with Gasteiger partial charge in [-0.3, -0.25) is 4.79 Å². The van der Waals surface area contributed by atoms with E-state index in [1.54, 1.807) is 0 Å². The van der Waals surface area contributed by atoms with Crippen LogP contribution in [0.1, 0.15) is 44.2 Å². The van der Waals surface area contributed by atoms with Crippen LogP contribution >= 0.6 is 22.9 Å². The summed E-state index contributed by atoms with van der Waals surface area (Å²) in [6, 6.07) is 0. The number of nitrogens with one attached hydrogen (secondary N) is 1. The Labute approximate surface area is 140 Å². The number of rotatable bonds is 2. The van der Waals surface area contributed by atoms with Crippen molar-refractivity contribution in [1.82, 2.24) is 4.98 Å². The van der Waals surface area contributed by atoms with Crippen molar-refractivity contribution in [2.75, 3.05) is 5.32 Å². The van der Waals surface area contributed by atoms with Crippen LogP contribution in [0.25, 0.3) is 0 Å². The molecule has 8 heteroatoms. The van der Waals surface area contributed by atoms with Crippen LogP contribution in [0.5, 0.6) is 0 Å². The van der Waals surface area contributed by atoms with Crippen LogP contribution in [0.4, 0.5) is 18.3 Å². The predicted molar refractivity (Wildman–Crippen MR) is 81.4 cm³/mol. The summed E-state index contributed by atoms with van der Waals surface area (Å²) in [5.74, 6) is 0.711. The maximum Gasteiger partial charge on any atom is 0.434 e. The Morgan fingerprint density at radius 3 is 2.48 bits per heavy atom. The standard InChI is InChI=1S/C15H16ClF3N2OS/c16-14-4-8-1-9(5-14)3-13(2-8,7-14)11(22)21-12-20-10(6-23-12)15(17,18)19/h6,8-9H,1-5,7H2,(H,20,21,22)/t8-,9-,13?,14?/m1/s1. The van der Waals surface area contributed by atoms with Crippen molar-refractivity contribution in [3.8, 4) is 0 Å². The van der Waals surface area contributed by atoms with Gasteiger partial charge in [0.25, 0.3) is 0 Å². The minimum Gasteiger partial charge on any atom is -0.301 e. The van der Waals surface area contributed by atoms with Crippen molar-refractivity contribution in [3.05, 3.63) is 11.1 Å². The Bertz CT molecular complexity index is 645. The maximum absolute atomic E-state index is 12.8. The molecule has 3 nitrogen and oxygen atoms in total. The lowest BCUT2D eigenvalue weighted by atomic mass is 9.49. The van der Waals surface area contributed by atoms with Crippen molar-refractivity contribution < 1.29 is 18.0 Å². The summed E-state index contributed by atoms with van der Waals surface area (Å²) < 4.78 is 37.9. The van der Waals surface area contributed by atoms with Crippen molar-refractivity contribution in [1.29, 1.82) is 0 Å². The van der Waals surface area contributed by atoms with E-state index >= 15 is 0 Å². The number of hydrogen-bond donors (Lipinski definition) is 1. The molecule has 1 aromatic rings. The van der Waals surface area contributed by atoms with Gasteiger partial charge in [0.15, 0.2) is 10.8 Å². The first-order valence-electron chi connectivity index (χ1n) is 7.71. The number of aromatic nitrogens is 1. The molecule has 0 aliphatic heterocycles. The van der Waals surface area contributed by atoms with Gasteiger partial charge in [0, 0.05) is 10.3 Å². The Hall–Kier alpha value is -0.820. The number of carbonyl (C=O) groups is 1. The number of amides is 1. The molecule has 5 rings (SSSR count). The van der Waals surface area contributed by atoms with E-state index in [4.69, 9.17) is 11.6 Å². The summed E-state index contributed by atoms with van der Waals surface area (Å²) in [5, 5.41) is 3.56. The Balaban J connectivity index is 1.54. The summed E-state index contributed by atoms with van der Waals surface area (Å²) in [5.41, 5.74) is -1.49. The quantitative estimate of drug-likeness (QED) is 0.774. The van der Waals surface area contributed by atoms with Crippen LogP contribution < -0.4 is 5.32 Å². The second kappa shape index (κ2) is 4.85. The second-order valence-electron chi connectivity index (χ2n) is 7.38. The number of thiazole rings is 1. The van der Waals surface area contributed by atoms with Crippen LogP contribution in [0.3, 0.4) is 0 Å². The average Bonchev–Trinajstić information content (AvgIpc) is 2.84. The summed E-state index contributed by atoms with van der Waals surface area (Å²) in [6.45, 7) is 0. The van der Waals surface area contributed by atoms with Gasteiger partial charge >= 0.3 is 6.18 Å². The first kappa shape index (κ1) is 15.7. The van der Waals surface area contributed by atoms with E-state index in [0.717, 1.165) is 48.8 Å². The highest BCUT2D eigenvalue weighted by Crippen LogP contribution is 2.64. The van der Waals surface area contributed by atoms with Crippen LogP contribution in [-0.4, -0.2) is 15.8 Å². The highest BCUT2D eigenvalue weighted by molar-refractivity contribution is 7.13. The van der Waals surface area contributed by atoms with Crippen LogP contribution in [-0.2, 0) is 11.0 Å². The number of nitrogens with zero attached hydrogens (tertiary/aromatic N) is 1. The Kier molecular flexibility index (Phi) is 3.31. The number of anilines is 1. The van der Waals surface area contributed by atoms with Crippen LogP contribution in [0, 0.1) is 17.3 Å². The normalized spacial score (nSPS) is 38.8. The van der Waals surface area contributed by atoms with Gasteiger partial charge in [0.2, 0.25) is 5.91 Å². The van der Waals surface area contributed by atoms with Crippen molar-refractivity contribution in [2.24, 2.45) is 17.3 Å². The first-order chi connectivity index (χ1) is 10.7. The second-order valence-corrected chi connectivity index (χ2v) is 9.04. The molecule has 0 spiro atoms. The number of hydrogen-bond acceptors (Lipinski definition) is 3. The summed E-state index contributed by atoms with van der Waals surface area (Å²) in [4.78, 5) is 16.0. The van der Waals surface area contributed by atoms with E-state index < -0.39 is 17.3 Å². The Morgan fingerprint density at radius 1 is 1.30 bits per heavy atom. The molecule has 23 heavy (non-hydrogen) atoms. The molecule has 0 aromatic carbocycles. The van der Waals surface area contributed by atoms with Gasteiger partial charge in [-0.25, -0.2) is 4.98 Å². The van der Waals surface area contributed by atoms with Gasteiger partial charge in [0.05, 0.1) is 5.41 Å². The minimum absolute atomic E-state index is 0.0155. The van der Waals surface area contributed by atoms with Gasteiger partial charge < -0.3 is 5.32 Å². The van der Waals surface area contributed by atoms with Gasteiger partial charge in [0.1, 0.15) is 0 Å². The predicted octanol–water partition coefficient (Wildman–Crippen LogP) is 4.68. The molecule has 4 fully saturated rings. The van der Waals surface area contributed by atoms with E-state index in [-0.39, 0.29) is 15.9 Å². The zero-order valence-corrected chi connectivity index (χ0v) is 13.8. The molecule has 2 atom stereocenters. The van der Waals surface area contributed by atoms with E-state index in [1.807, 2.05) is 0 Å². The maximum atomic E-state index is 12.8. The fraction of sp³-hybridized carbons (Fsp3) is 0.733. The van der Waals surface area contributed by atoms with Gasteiger partial charge in [-0.05, 0) is 50.4 Å². The molecule has 0 unspecified atom stereocenters. The molecule has 4 aliphatic carbocycles. The fourth-order valence-electron chi connectivity index (χ4n) is 5.11. The number of alkyl halides is 4. The fourth-order valence-corrected chi connectivity index (χ4v) is 6.51. The van der Waals surface area contributed by atoms with Crippen LogP contribution in [0.15, 0.2) is 5.38 Å². The molecule has 126 valence electrons. The zero-order valence-electron chi connectivity index (χ0n) is 12.3. The first-order valence-corrected chi connectivity index (χ1v) is 8.96. The molecule has 0 saturated heterocycles. The Morgan fingerprint density at radius 2 is 1.96 bits per heavy atom. The third-order valence-electron chi connectivity index (χ3n) is 5.49. The monoisotopic (exact) mass is 364 g/mol. The minimum atomic E-state index is -4.49. The van der Waals surface area contributed by atoms with Crippen molar-refractivity contribution in [2.45, 2.75) is 49.6 Å². The number of carbonyl (C=O) groups excluding carboxylic acids is 1. The van der Waals surface area contributed by atoms with Crippen molar-refractivity contribution >= 4 is 34.0 Å². The van der Waals surface area contributed by atoms with E-state index in [9.17, 15) is 18.0 Å². The lowest BCUT2D eigenvalue weighted by molar-refractivity contribution is -0.141. The third-order valence-corrected chi connectivity index (χ3v) is 6.69. The smallest absolute Gasteiger partial charge is 0.301 e. The molecule has 4 saturated carbocycles. The summed E-state index contributed by atoms with van der Waals surface area (Å²) >= 11 is 7.50. The molecule has 1 aromatic heterocycles. The van der Waals surface area contributed by atoms with E-state index in [2.05, 4.69) is 10.3 Å². The molecular weight excluding hydrogens is 349 g/mol. The zero-order chi connectivity index (χ0) is 16.5. The molecule has 1 amide bonds. The molecule has 4 bridgehead atoms. The topological polar surface area (TPSA) is 42.0 Å². The number of halogens is 4. The molecular formula is C15H16ClF3N2OS. The lowest BCUT2D eigenvalue weighted by Crippen LogP contribution is -2.57. The summed E-state index contributed by atoms with van der Waals surface area (Å²) in [6.07, 6.45) is 0.755. The molecule has 4 aliphatic rings. The van der Waals surface area contributed by atoms with Crippen LogP contribution in [0.2, 0.25) is 0 Å². The average molecular weight is 365 g/mol. The molecule has 1 N–H and O–H groups in total. The van der Waals surface area contributed by atoms with Gasteiger partial charge in [-0.1, -0.05) is 0 Å². The highest BCUT2D eigenvalue weighted by atomic mass is 35.5. The largest absolute Gasteiger partial charge is 0.434 e. The van der Waals surface area contributed by atoms with Gasteiger partial charge in [-0.15, -0.1) is 22.9 Å².